The van der Waals surface area contributed by atoms with Crippen LogP contribution in [0.1, 0.15) is 6.42 Å². The number of rotatable bonds is 2. The number of nitrogens with zero attached hydrogens (tertiary/aromatic N) is 1. The standard InChI is InChI=1S/C12H15FN4/c13-9-7-14-4-2-11(9)17-10-3-6-16-12-8(10)1-5-15-12/h1,3,5-6,9,11,14H,2,4,7H2,(H2,15,16,17)/t9-,11+/m1/s1. The lowest BCUT2D eigenvalue weighted by molar-refractivity contribution is 0.245. The number of H-pyrrole nitrogens is 1. The van der Waals surface area contributed by atoms with Crippen LogP contribution in [0.25, 0.3) is 11.0 Å². The molecule has 90 valence electrons. The lowest BCUT2D eigenvalue weighted by atomic mass is 10.0. The molecule has 2 atom stereocenters. The maximum absolute atomic E-state index is 13.7. The molecule has 5 heteroatoms. The molecule has 1 aliphatic heterocycles. The van der Waals surface area contributed by atoms with Crippen LogP contribution in [0.3, 0.4) is 0 Å². The monoisotopic (exact) mass is 234 g/mol. The van der Waals surface area contributed by atoms with Crippen molar-refractivity contribution in [3.63, 3.8) is 0 Å². The van der Waals surface area contributed by atoms with E-state index >= 15 is 0 Å². The summed E-state index contributed by atoms with van der Waals surface area (Å²) in [6.45, 7) is 1.29. The van der Waals surface area contributed by atoms with E-state index in [1.807, 2.05) is 18.3 Å². The van der Waals surface area contributed by atoms with Gasteiger partial charge in [-0.2, -0.15) is 0 Å². The van der Waals surface area contributed by atoms with E-state index in [2.05, 4.69) is 20.6 Å². The van der Waals surface area contributed by atoms with Crippen LogP contribution < -0.4 is 10.6 Å². The number of anilines is 1. The van der Waals surface area contributed by atoms with Crippen LogP contribution in [-0.2, 0) is 0 Å². The molecule has 0 aliphatic carbocycles. The molecule has 0 radical (unpaired) electrons. The molecule has 1 fully saturated rings. The summed E-state index contributed by atoms with van der Waals surface area (Å²) in [7, 11) is 0. The van der Waals surface area contributed by atoms with Gasteiger partial charge in [0.05, 0.1) is 6.04 Å². The van der Waals surface area contributed by atoms with Crippen LogP contribution in [0.2, 0.25) is 0 Å². The van der Waals surface area contributed by atoms with Gasteiger partial charge in [-0.15, -0.1) is 0 Å². The lowest BCUT2D eigenvalue weighted by Crippen LogP contribution is -2.45. The number of halogens is 1. The van der Waals surface area contributed by atoms with E-state index in [0.717, 1.165) is 29.7 Å². The van der Waals surface area contributed by atoms with Crippen molar-refractivity contribution in [2.75, 3.05) is 18.4 Å². The first kappa shape index (κ1) is 10.5. The van der Waals surface area contributed by atoms with E-state index in [1.54, 1.807) is 6.20 Å². The number of aromatic amines is 1. The number of piperidine rings is 1. The summed E-state index contributed by atoms with van der Waals surface area (Å²) < 4.78 is 13.7. The second-order valence-corrected chi connectivity index (χ2v) is 4.36. The highest BCUT2D eigenvalue weighted by atomic mass is 19.1. The molecule has 3 heterocycles. The van der Waals surface area contributed by atoms with Crippen LogP contribution in [0.5, 0.6) is 0 Å². The third-order valence-corrected chi connectivity index (χ3v) is 3.21. The topological polar surface area (TPSA) is 52.7 Å². The predicted octanol–water partition coefficient (Wildman–Crippen LogP) is 1.67. The predicted molar refractivity (Wildman–Crippen MR) is 65.9 cm³/mol. The first-order valence-electron chi connectivity index (χ1n) is 5.88. The average molecular weight is 234 g/mol. The van der Waals surface area contributed by atoms with Gasteiger partial charge in [0.1, 0.15) is 11.8 Å². The Morgan fingerprint density at radius 1 is 1.41 bits per heavy atom. The summed E-state index contributed by atoms with van der Waals surface area (Å²) in [5, 5.41) is 7.35. The third-order valence-electron chi connectivity index (χ3n) is 3.21. The van der Waals surface area contributed by atoms with Crippen molar-refractivity contribution < 1.29 is 4.39 Å². The molecule has 0 amide bonds. The maximum Gasteiger partial charge on any atom is 0.139 e. The van der Waals surface area contributed by atoms with Gasteiger partial charge >= 0.3 is 0 Å². The molecule has 3 N–H and O–H groups in total. The van der Waals surface area contributed by atoms with E-state index in [1.165, 1.54) is 0 Å². The number of aromatic nitrogens is 2. The molecule has 0 bridgehead atoms. The molecule has 2 aromatic heterocycles. The fraction of sp³-hybridized carbons (Fsp3) is 0.417. The largest absolute Gasteiger partial charge is 0.379 e. The molecular formula is C12H15FN4. The lowest BCUT2D eigenvalue weighted by Gasteiger charge is -2.28. The van der Waals surface area contributed by atoms with Gasteiger partial charge in [-0.3, -0.25) is 0 Å². The minimum absolute atomic E-state index is 0.114. The molecule has 2 aromatic rings. The Morgan fingerprint density at radius 3 is 3.24 bits per heavy atom. The minimum Gasteiger partial charge on any atom is -0.379 e. The van der Waals surface area contributed by atoms with Gasteiger partial charge in [0.15, 0.2) is 0 Å². The van der Waals surface area contributed by atoms with Crippen molar-refractivity contribution in [1.29, 1.82) is 0 Å². The highest BCUT2D eigenvalue weighted by Gasteiger charge is 2.24. The van der Waals surface area contributed by atoms with Crippen molar-refractivity contribution in [2.24, 2.45) is 0 Å². The van der Waals surface area contributed by atoms with Crippen LogP contribution in [0.4, 0.5) is 10.1 Å². The second-order valence-electron chi connectivity index (χ2n) is 4.36. The molecule has 0 aromatic carbocycles. The van der Waals surface area contributed by atoms with Crippen molar-refractivity contribution in [3.8, 4) is 0 Å². The van der Waals surface area contributed by atoms with Crippen LogP contribution in [-0.4, -0.2) is 35.3 Å². The molecule has 1 saturated heterocycles. The Labute approximate surface area is 98.6 Å². The summed E-state index contributed by atoms with van der Waals surface area (Å²) in [6.07, 6.45) is 3.54. The quantitative estimate of drug-likeness (QED) is 0.741. The Kier molecular flexibility index (Phi) is 2.68. The van der Waals surface area contributed by atoms with Gasteiger partial charge in [0.25, 0.3) is 0 Å². The van der Waals surface area contributed by atoms with Gasteiger partial charge in [0, 0.05) is 30.0 Å². The third kappa shape index (κ3) is 1.98. The number of fused-ring (bicyclic) bond motifs is 1. The highest BCUT2D eigenvalue weighted by Crippen LogP contribution is 2.23. The van der Waals surface area contributed by atoms with Gasteiger partial charge < -0.3 is 15.6 Å². The molecular weight excluding hydrogens is 219 g/mol. The van der Waals surface area contributed by atoms with Crippen molar-refractivity contribution in [2.45, 2.75) is 18.6 Å². The van der Waals surface area contributed by atoms with E-state index in [0.29, 0.717) is 6.54 Å². The Morgan fingerprint density at radius 2 is 2.35 bits per heavy atom. The minimum atomic E-state index is -0.842. The van der Waals surface area contributed by atoms with Crippen molar-refractivity contribution >= 4 is 16.7 Å². The zero-order chi connectivity index (χ0) is 11.7. The fourth-order valence-corrected chi connectivity index (χ4v) is 2.27. The van der Waals surface area contributed by atoms with Gasteiger partial charge in [-0.05, 0) is 25.1 Å². The summed E-state index contributed by atoms with van der Waals surface area (Å²) >= 11 is 0. The molecule has 17 heavy (non-hydrogen) atoms. The summed E-state index contributed by atoms with van der Waals surface area (Å²) in [5.74, 6) is 0. The van der Waals surface area contributed by atoms with Gasteiger partial charge in [-0.25, -0.2) is 9.37 Å². The summed E-state index contributed by atoms with van der Waals surface area (Å²) in [5.41, 5.74) is 1.78. The van der Waals surface area contributed by atoms with Crippen LogP contribution in [0.15, 0.2) is 24.5 Å². The van der Waals surface area contributed by atoms with Gasteiger partial charge in [-0.1, -0.05) is 0 Å². The van der Waals surface area contributed by atoms with E-state index in [4.69, 9.17) is 0 Å². The second kappa shape index (κ2) is 4.33. The fourth-order valence-electron chi connectivity index (χ4n) is 2.27. The number of alkyl halides is 1. The van der Waals surface area contributed by atoms with Crippen LogP contribution in [0, 0.1) is 0 Å². The first-order chi connectivity index (χ1) is 8.34. The van der Waals surface area contributed by atoms with Crippen LogP contribution >= 0.6 is 0 Å². The average Bonchev–Trinajstić information content (AvgIpc) is 2.81. The molecule has 0 spiro atoms. The molecule has 0 saturated carbocycles. The Balaban J connectivity index is 1.86. The number of pyridine rings is 1. The maximum atomic E-state index is 13.7. The Bertz CT molecular complexity index is 510. The molecule has 4 nitrogen and oxygen atoms in total. The highest BCUT2D eigenvalue weighted by molar-refractivity contribution is 5.89. The zero-order valence-corrected chi connectivity index (χ0v) is 9.41. The smallest absolute Gasteiger partial charge is 0.139 e. The Hall–Kier alpha value is -1.62. The van der Waals surface area contributed by atoms with E-state index in [9.17, 15) is 4.39 Å². The molecule has 1 aliphatic rings. The number of hydrogen-bond acceptors (Lipinski definition) is 3. The summed E-state index contributed by atoms with van der Waals surface area (Å²) in [6, 6.07) is 3.74. The van der Waals surface area contributed by atoms with E-state index < -0.39 is 6.17 Å². The normalized spacial score (nSPS) is 25.0. The van der Waals surface area contributed by atoms with E-state index in [-0.39, 0.29) is 6.04 Å². The van der Waals surface area contributed by atoms with Gasteiger partial charge in [0.2, 0.25) is 0 Å². The first-order valence-corrected chi connectivity index (χ1v) is 5.88. The SMILES string of the molecule is F[C@@H]1CNCC[C@@H]1Nc1ccnc2[nH]ccc12. The molecule has 3 rings (SSSR count). The summed E-state index contributed by atoms with van der Waals surface area (Å²) in [4.78, 5) is 7.26. The zero-order valence-electron chi connectivity index (χ0n) is 9.41. The number of hydrogen-bond donors (Lipinski definition) is 3. The number of nitrogens with one attached hydrogen (secondary N) is 3. The molecule has 0 unspecified atom stereocenters. The van der Waals surface area contributed by atoms with Crippen molar-refractivity contribution in [3.05, 3.63) is 24.5 Å². The van der Waals surface area contributed by atoms with Crippen molar-refractivity contribution in [1.82, 2.24) is 15.3 Å².